The summed E-state index contributed by atoms with van der Waals surface area (Å²) in [7, 11) is -2.99. The van der Waals surface area contributed by atoms with Crippen LogP contribution in [0.4, 0.5) is 34.1 Å². The van der Waals surface area contributed by atoms with Crippen molar-refractivity contribution >= 4 is 120 Å². The van der Waals surface area contributed by atoms with Crippen LogP contribution in [0.5, 0.6) is 0 Å². The van der Waals surface area contributed by atoms with Crippen molar-refractivity contribution in [1.82, 2.24) is 4.40 Å². The molecule has 0 atom stereocenters. The van der Waals surface area contributed by atoms with Crippen LogP contribution in [0.2, 0.25) is 39.3 Å². The van der Waals surface area contributed by atoms with E-state index in [-0.39, 0.29) is 5.41 Å². The molecule has 10 aromatic carbocycles. The molecule has 0 fully saturated rings. The summed E-state index contributed by atoms with van der Waals surface area (Å²) in [5.41, 5.74) is 17.2. The molecule has 0 aliphatic carbocycles. The number of aromatic nitrogens is 1. The first-order chi connectivity index (χ1) is 36.7. The second-order valence-corrected chi connectivity index (χ2v) is 35.8. The molecular formula is C72H73N3Si2. The molecule has 0 bridgehead atoms. The van der Waals surface area contributed by atoms with Crippen molar-refractivity contribution in [3.05, 3.63) is 211 Å². The lowest BCUT2D eigenvalue weighted by molar-refractivity contribution is 0.590. The number of hydrogen-bond acceptors (Lipinski definition) is 2. The lowest BCUT2D eigenvalue weighted by atomic mass is 9.86. The third kappa shape index (κ3) is 9.11. The summed E-state index contributed by atoms with van der Waals surface area (Å²) >= 11 is 0. The van der Waals surface area contributed by atoms with Crippen molar-refractivity contribution in [2.45, 2.75) is 105 Å². The molecule has 0 saturated heterocycles. The summed E-state index contributed by atoms with van der Waals surface area (Å²) in [6.07, 6.45) is 0. The van der Waals surface area contributed by atoms with Crippen molar-refractivity contribution in [3.63, 3.8) is 0 Å². The van der Waals surface area contributed by atoms with Crippen LogP contribution < -0.4 is 20.2 Å². The molecule has 0 amide bonds. The fraction of sp³-hybridized carbons (Fsp3) is 0.222. The predicted octanol–water partition coefficient (Wildman–Crippen LogP) is 20.4. The molecule has 3 nitrogen and oxygen atoms in total. The molecule has 0 radical (unpaired) electrons. The van der Waals surface area contributed by atoms with Gasteiger partial charge in [-0.25, -0.2) is 0 Å². The quantitative estimate of drug-likeness (QED) is 0.120. The van der Waals surface area contributed by atoms with Crippen molar-refractivity contribution in [2.24, 2.45) is 0 Å². The third-order valence-corrected chi connectivity index (χ3v) is 20.6. The van der Waals surface area contributed by atoms with Gasteiger partial charge in [0.2, 0.25) is 0 Å². The first kappa shape index (κ1) is 50.4. The van der Waals surface area contributed by atoms with Crippen molar-refractivity contribution in [1.29, 1.82) is 0 Å². The minimum atomic E-state index is -1.49. The molecule has 0 N–H and O–H groups in total. The van der Waals surface area contributed by atoms with Crippen molar-refractivity contribution in [2.75, 3.05) is 9.80 Å². The molecule has 384 valence electrons. The number of hydrogen-bond donors (Lipinski definition) is 0. The van der Waals surface area contributed by atoms with E-state index in [1.807, 2.05) is 0 Å². The van der Waals surface area contributed by atoms with Gasteiger partial charge in [0, 0.05) is 55.7 Å². The Morgan fingerprint density at radius 1 is 0.351 bits per heavy atom. The molecule has 0 unspecified atom stereocenters. The van der Waals surface area contributed by atoms with Gasteiger partial charge in [-0.05, 0) is 176 Å². The zero-order valence-corrected chi connectivity index (χ0v) is 49.5. The van der Waals surface area contributed by atoms with Gasteiger partial charge in [0.1, 0.15) is 0 Å². The second-order valence-electron chi connectivity index (χ2n) is 25.6. The Hall–Kier alpha value is -7.45. The Balaban J connectivity index is 1.08. The van der Waals surface area contributed by atoms with Crippen molar-refractivity contribution < 1.29 is 0 Å². The largest absolute Gasteiger partial charge is 0.310 e. The van der Waals surface area contributed by atoms with E-state index in [9.17, 15) is 0 Å². The summed E-state index contributed by atoms with van der Waals surface area (Å²) in [6.45, 7) is 30.5. The third-order valence-electron chi connectivity index (χ3n) is 16.5. The summed E-state index contributed by atoms with van der Waals surface area (Å²) < 4.78 is 2.58. The maximum Gasteiger partial charge on any atom is 0.0775 e. The zero-order chi connectivity index (χ0) is 53.9. The topological polar surface area (TPSA) is 10.9 Å². The molecule has 0 saturated carbocycles. The average Bonchev–Trinajstić information content (AvgIpc) is 3.96. The SMILES string of the molecule is CC(C)c1ccc(N(c2ccc([Si](C)(C)C)cc2)c2ccc3cc4c5cc(-c6ccc(C(C)(C)C)cc6)cc6c7cc8ccc(N(c9ccc(C(C)C)cc9)c9ccc([Si](C)(C)C)cc9)cc8cc7n(c4cc3c2)c56)cc1. The second kappa shape index (κ2) is 18.6. The lowest BCUT2D eigenvalue weighted by Crippen LogP contribution is -2.37. The zero-order valence-electron chi connectivity index (χ0n) is 47.5. The summed E-state index contributed by atoms with van der Waals surface area (Å²) in [4.78, 5) is 4.87. The van der Waals surface area contributed by atoms with E-state index in [0.29, 0.717) is 11.8 Å². The maximum absolute atomic E-state index is 2.58. The predicted molar refractivity (Wildman–Crippen MR) is 344 cm³/mol. The van der Waals surface area contributed by atoms with Gasteiger partial charge in [0.15, 0.2) is 0 Å². The van der Waals surface area contributed by atoms with Crippen LogP contribution in [0.15, 0.2) is 194 Å². The highest BCUT2D eigenvalue weighted by Crippen LogP contribution is 2.46. The molecular weight excluding hydrogens is 963 g/mol. The van der Waals surface area contributed by atoms with Crippen LogP contribution in [0, 0.1) is 0 Å². The molecule has 5 heteroatoms. The monoisotopic (exact) mass is 1040 g/mol. The number of rotatable bonds is 11. The van der Waals surface area contributed by atoms with E-state index in [1.165, 1.54) is 109 Å². The van der Waals surface area contributed by atoms with E-state index >= 15 is 0 Å². The molecule has 0 spiro atoms. The molecule has 12 rings (SSSR count). The van der Waals surface area contributed by atoms with Gasteiger partial charge in [-0.3, -0.25) is 0 Å². The molecule has 2 heterocycles. The first-order valence-corrected chi connectivity index (χ1v) is 34.9. The van der Waals surface area contributed by atoms with Crippen LogP contribution >= 0.6 is 0 Å². The van der Waals surface area contributed by atoms with Gasteiger partial charge in [0.25, 0.3) is 0 Å². The lowest BCUT2D eigenvalue weighted by Gasteiger charge is -2.27. The number of benzene rings is 10. The minimum absolute atomic E-state index is 0.0756. The maximum atomic E-state index is 2.58. The van der Waals surface area contributed by atoms with Crippen LogP contribution in [0.3, 0.4) is 0 Å². The van der Waals surface area contributed by atoms with Gasteiger partial charge in [-0.15, -0.1) is 0 Å². The fourth-order valence-electron chi connectivity index (χ4n) is 11.7. The van der Waals surface area contributed by atoms with Crippen LogP contribution in [-0.4, -0.2) is 20.5 Å². The van der Waals surface area contributed by atoms with Gasteiger partial charge in [-0.2, -0.15) is 0 Å². The molecule has 0 aliphatic heterocycles. The molecule has 12 aromatic rings. The Labute approximate surface area is 458 Å². The standard InChI is InChI=1S/C72H73N3Si2/c1-46(2)48-16-24-57(25-17-48)73(59-30-34-63(35-31-59)76(8,9)10)61-28-20-51-40-65-67-42-55(50-14-22-56(23-15-50)72(5,6)7)43-68-66-41-52-21-29-62(39-54(52)45-70(66)75(71(67)68)69(65)44-53(51)38-61)74(58-26-18-49(19-27-58)47(3)4)60-32-36-64(37-33-60)77(11,12)13/h14-47H,1-13H3. The Morgan fingerprint density at radius 3 is 1.06 bits per heavy atom. The molecule has 0 aliphatic rings. The van der Waals surface area contributed by atoms with Gasteiger partial charge in [0.05, 0.1) is 32.7 Å². The highest BCUT2D eigenvalue weighted by Gasteiger charge is 2.24. The van der Waals surface area contributed by atoms with Crippen LogP contribution in [0.25, 0.3) is 70.8 Å². The molecule has 77 heavy (non-hydrogen) atoms. The van der Waals surface area contributed by atoms with Gasteiger partial charge in [-0.1, -0.05) is 183 Å². The number of anilines is 6. The van der Waals surface area contributed by atoms with Crippen LogP contribution in [0.1, 0.15) is 77.0 Å². The summed E-state index contributed by atoms with van der Waals surface area (Å²) in [5, 5.41) is 12.9. The molecule has 2 aromatic heterocycles. The average molecular weight is 1040 g/mol. The van der Waals surface area contributed by atoms with E-state index in [0.717, 1.165) is 22.7 Å². The Bertz CT molecular complexity index is 3920. The Kier molecular flexibility index (Phi) is 12.2. The van der Waals surface area contributed by atoms with Gasteiger partial charge >= 0.3 is 0 Å². The van der Waals surface area contributed by atoms with Crippen LogP contribution in [-0.2, 0) is 5.41 Å². The number of fused-ring (bicyclic) bond motifs is 8. The summed E-state index contributed by atoms with van der Waals surface area (Å²) in [6, 6.07) is 75.3. The summed E-state index contributed by atoms with van der Waals surface area (Å²) in [5.74, 6) is 0.920. The van der Waals surface area contributed by atoms with Gasteiger partial charge < -0.3 is 14.2 Å². The van der Waals surface area contributed by atoms with E-state index in [1.54, 1.807) is 0 Å². The Morgan fingerprint density at radius 2 is 0.714 bits per heavy atom. The number of nitrogens with zero attached hydrogens (tertiary/aromatic N) is 3. The highest BCUT2D eigenvalue weighted by atomic mass is 28.3. The normalized spacial score (nSPS) is 12.7. The van der Waals surface area contributed by atoms with E-state index in [2.05, 4.69) is 296 Å². The van der Waals surface area contributed by atoms with E-state index in [4.69, 9.17) is 0 Å². The fourth-order valence-corrected chi connectivity index (χ4v) is 14.1. The smallest absolute Gasteiger partial charge is 0.0775 e. The highest BCUT2D eigenvalue weighted by molar-refractivity contribution is 6.89. The van der Waals surface area contributed by atoms with Crippen molar-refractivity contribution in [3.8, 4) is 11.1 Å². The minimum Gasteiger partial charge on any atom is -0.310 e. The van der Waals surface area contributed by atoms with E-state index < -0.39 is 16.1 Å². The first-order valence-electron chi connectivity index (χ1n) is 27.9.